The molecule has 0 aliphatic rings. The minimum absolute atomic E-state index is 0.163. The van der Waals surface area contributed by atoms with Crippen LogP contribution >= 0.6 is 0 Å². The second-order valence-electron chi connectivity index (χ2n) is 7.20. The summed E-state index contributed by atoms with van der Waals surface area (Å²) in [5, 5.41) is 2.65. The van der Waals surface area contributed by atoms with Gasteiger partial charge in [0.15, 0.2) is 6.61 Å². The molecular weight excluding hydrogens is 392 g/mol. The molecule has 2 N–H and O–H groups in total. The smallest absolute Gasteiger partial charge is 0.338 e. The summed E-state index contributed by atoms with van der Waals surface area (Å²) in [6.45, 7) is 7.81. The number of aryl methyl sites for hydroxylation is 2. The molecule has 0 spiro atoms. The van der Waals surface area contributed by atoms with Crippen molar-refractivity contribution in [3.63, 3.8) is 0 Å². The van der Waals surface area contributed by atoms with Crippen molar-refractivity contribution in [2.45, 2.75) is 32.6 Å². The molecule has 0 saturated heterocycles. The van der Waals surface area contributed by atoms with Crippen LogP contribution in [0.5, 0.6) is 0 Å². The number of ether oxygens (including phenoxy) is 1. The highest BCUT2D eigenvalue weighted by molar-refractivity contribution is 7.92. The quantitative estimate of drug-likeness (QED) is 0.642. The number of rotatable bonds is 8. The number of nitrogens with one attached hydrogen (secondary N) is 2. The molecule has 0 aromatic heterocycles. The number of sulfonamides is 1. The fraction of sp³-hybridized carbons (Fsp3) is 0.333. The van der Waals surface area contributed by atoms with Crippen molar-refractivity contribution in [2.24, 2.45) is 5.92 Å². The fourth-order valence-electron chi connectivity index (χ4n) is 2.35. The van der Waals surface area contributed by atoms with E-state index >= 15 is 0 Å². The highest BCUT2D eigenvalue weighted by atomic mass is 32.2. The van der Waals surface area contributed by atoms with Gasteiger partial charge in [0, 0.05) is 12.2 Å². The standard InChI is InChI=1S/C21H26N2O5S/c1-14(2)12-22-20(24)13-28-21(25)17-6-8-18(9-7-17)23-29(26,27)19-10-5-15(3)16(4)11-19/h5-11,14,23H,12-13H2,1-4H3,(H,22,24). The van der Waals surface area contributed by atoms with Crippen LogP contribution in [-0.4, -0.2) is 33.4 Å². The summed E-state index contributed by atoms with van der Waals surface area (Å²) in [4.78, 5) is 23.8. The van der Waals surface area contributed by atoms with Crippen molar-refractivity contribution >= 4 is 27.6 Å². The van der Waals surface area contributed by atoms with E-state index in [2.05, 4.69) is 10.0 Å². The molecule has 2 aromatic carbocycles. The third-order valence-corrected chi connectivity index (χ3v) is 5.58. The summed E-state index contributed by atoms with van der Waals surface area (Å²) in [7, 11) is -3.74. The summed E-state index contributed by atoms with van der Waals surface area (Å²) in [5.41, 5.74) is 2.42. The first-order valence-electron chi connectivity index (χ1n) is 9.22. The van der Waals surface area contributed by atoms with Crippen LogP contribution in [0.3, 0.4) is 0 Å². The zero-order valence-corrected chi connectivity index (χ0v) is 17.8. The van der Waals surface area contributed by atoms with Crippen LogP contribution < -0.4 is 10.0 Å². The highest BCUT2D eigenvalue weighted by Gasteiger charge is 2.16. The van der Waals surface area contributed by atoms with Gasteiger partial charge in [0.25, 0.3) is 15.9 Å². The van der Waals surface area contributed by atoms with E-state index in [1.165, 1.54) is 24.3 Å². The molecule has 2 aromatic rings. The molecule has 0 atom stereocenters. The Morgan fingerprint density at radius 1 is 1.00 bits per heavy atom. The Bertz CT molecular complexity index is 983. The van der Waals surface area contributed by atoms with E-state index in [1.807, 2.05) is 27.7 Å². The molecule has 2 rings (SSSR count). The zero-order chi connectivity index (χ0) is 21.6. The molecule has 8 heteroatoms. The van der Waals surface area contributed by atoms with E-state index in [1.54, 1.807) is 18.2 Å². The predicted octanol–water partition coefficient (Wildman–Crippen LogP) is 3.03. The minimum Gasteiger partial charge on any atom is -0.452 e. The number of esters is 1. The Hall–Kier alpha value is -2.87. The summed E-state index contributed by atoms with van der Waals surface area (Å²) in [6, 6.07) is 10.7. The second-order valence-corrected chi connectivity index (χ2v) is 8.89. The maximum Gasteiger partial charge on any atom is 0.338 e. The Morgan fingerprint density at radius 3 is 2.24 bits per heavy atom. The van der Waals surface area contributed by atoms with Crippen molar-refractivity contribution < 1.29 is 22.7 Å². The lowest BCUT2D eigenvalue weighted by Gasteiger charge is -2.11. The van der Waals surface area contributed by atoms with Gasteiger partial charge in [-0.05, 0) is 67.3 Å². The van der Waals surface area contributed by atoms with Crippen molar-refractivity contribution in [3.05, 3.63) is 59.2 Å². The Labute approximate surface area is 171 Å². The Balaban J connectivity index is 1.98. The monoisotopic (exact) mass is 418 g/mol. The van der Waals surface area contributed by atoms with Gasteiger partial charge in [-0.3, -0.25) is 9.52 Å². The van der Waals surface area contributed by atoms with Crippen molar-refractivity contribution in [3.8, 4) is 0 Å². The van der Waals surface area contributed by atoms with Crippen LogP contribution in [0.15, 0.2) is 47.4 Å². The number of hydrogen-bond donors (Lipinski definition) is 2. The first-order valence-corrected chi connectivity index (χ1v) is 10.7. The molecule has 29 heavy (non-hydrogen) atoms. The van der Waals surface area contributed by atoms with Gasteiger partial charge in [0.1, 0.15) is 0 Å². The molecule has 0 heterocycles. The molecule has 0 saturated carbocycles. The van der Waals surface area contributed by atoms with Gasteiger partial charge < -0.3 is 10.1 Å². The molecule has 156 valence electrons. The molecule has 0 bridgehead atoms. The molecule has 7 nitrogen and oxygen atoms in total. The third kappa shape index (κ3) is 6.60. The van der Waals surface area contributed by atoms with Crippen LogP contribution in [0.1, 0.15) is 35.3 Å². The predicted molar refractivity (Wildman–Crippen MR) is 111 cm³/mol. The molecule has 1 amide bonds. The lowest BCUT2D eigenvalue weighted by atomic mass is 10.1. The first-order chi connectivity index (χ1) is 13.6. The maximum absolute atomic E-state index is 12.5. The number of anilines is 1. The van der Waals surface area contributed by atoms with Gasteiger partial charge in [0.2, 0.25) is 0 Å². The largest absolute Gasteiger partial charge is 0.452 e. The molecular formula is C21H26N2O5S. The van der Waals surface area contributed by atoms with Crippen LogP contribution in [0.25, 0.3) is 0 Å². The molecule has 0 unspecified atom stereocenters. The third-order valence-electron chi connectivity index (χ3n) is 4.20. The minimum atomic E-state index is -3.74. The van der Waals surface area contributed by atoms with Crippen LogP contribution in [-0.2, 0) is 19.6 Å². The van der Waals surface area contributed by atoms with E-state index in [0.717, 1.165) is 11.1 Å². The average Bonchev–Trinajstić information content (AvgIpc) is 2.66. The highest BCUT2D eigenvalue weighted by Crippen LogP contribution is 2.19. The zero-order valence-electron chi connectivity index (χ0n) is 17.0. The van der Waals surface area contributed by atoms with Gasteiger partial charge in [0.05, 0.1) is 10.5 Å². The number of amides is 1. The maximum atomic E-state index is 12.5. The summed E-state index contributed by atoms with van der Waals surface area (Å²) in [5.74, 6) is -0.729. The van der Waals surface area contributed by atoms with Gasteiger partial charge in [-0.25, -0.2) is 13.2 Å². The number of benzene rings is 2. The lowest BCUT2D eigenvalue weighted by Crippen LogP contribution is -2.31. The van der Waals surface area contributed by atoms with Crippen LogP contribution in [0, 0.1) is 19.8 Å². The average molecular weight is 419 g/mol. The Kier molecular flexibility index (Phi) is 7.39. The lowest BCUT2D eigenvalue weighted by molar-refractivity contribution is -0.124. The van der Waals surface area contributed by atoms with E-state index in [9.17, 15) is 18.0 Å². The van der Waals surface area contributed by atoms with E-state index in [0.29, 0.717) is 18.2 Å². The topological polar surface area (TPSA) is 102 Å². The van der Waals surface area contributed by atoms with Crippen molar-refractivity contribution in [1.82, 2.24) is 5.32 Å². The van der Waals surface area contributed by atoms with Crippen LogP contribution in [0.2, 0.25) is 0 Å². The van der Waals surface area contributed by atoms with E-state index in [4.69, 9.17) is 4.74 Å². The number of hydrogen-bond acceptors (Lipinski definition) is 5. The molecule has 0 aliphatic carbocycles. The fourth-order valence-corrected chi connectivity index (χ4v) is 3.50. The summed E-state index contributed by atoms with van der Waals surface area (Å²) in [6.07, 6.45) is 0. The first kappa shape index (κ1) is 22.4. The van der Waals surface area contributed by atoms with Gasteiger partial charge in [-0.2, -0.15) is 0 Å². The van der Waals surface area contributed by atoms with Crippen molar-refractivity contribution in [1.29, 1.82) is 0 Å². The number of carbonyl (C=O) groups is 2. The summed E-state index contributed by atoms with van der Waals surface area (Å²) < 4.78 is 32.5. The number of carbonyl (C=O) groups excluding carboxylic acids is 2. The van der Waals surface area contributed by atoms with E-state index < -0.39 is 16.0 Å². The van der Waals surface area contributed by atoms with Crippen LogP contribution in [0.4, 0.5) is 5.69 Å². The molecule has 0 fully saturated rings. The Morgan fingerprint density at radius 2 is 1.66 bits per heavy atom. The second kappa shape index (κ2) is 9.56. The van der Waals surface area contributed by atoms with E-state index in [-0.39, 0.29) is 23.0 Å². The molecule has 0 aliphatic heterocycles. The normalized spacial score (nSPS) is 11.2. The summed E-state index contributed by atoms with van der Waals surface area (Å²) >= 11 is 0. The molecule has 0 radical (unpaired) electrons. The van der Waals surface area contributed by atoms with Gasteiger partial charge in [-0.1, -0.05) is 19.9 Å². The van der Waals surface area contributed by atoms with Gasteiger partial charge in [-0.15, -0.1) is 0 Å². The van der Waals surface area contributed by atoms with Gasteiger partial charge >= 0.3 is 5.97 Å². The van der Waals surface area contributed by atoms with Crippen molar-refractivity contribution in [2.75, 3.05) is 17.9 Å². The SMILES string of the molecule is Cc1ccc(S(=O)(=O)Nc2ccc(C(=O)OCC(=O)NCC(C)C)cc2)cc1C.